The Morgan fingerprint density at radius 2 is 1.79 bits per heavy atom. The van der Waals surface area contributed by atoms with Gasteiger partial charge in [0, 0.05) is 12.2 Å². The molecule has 1 aliphatic rings. The maximum Gasteiger partial charge on any atom is 0.490 e. The fourth-order valence-electron chi connectivity index (χ4n) is 1.50. The average molecular weight is 492 g/mol. The predicted molar refractivity (Wildman–Crippen MR) is 87.1 cm³/mol. The number of hydrogen-bond acceptors (Lipinski definition) is 11. The first-order valence-corrected chi connectivity index (χ1v) is 10.9. The van der Waals surface area contributed by atoms with E-state index < -0.39 is 82.5 Å². The number of phosphoric ester groups is 1. The zero-order valence-corrected chi connectivity index (χ0v) is 15.8. The molecule has 0 amide bonds. The van der Waals surface area contributed by atoms with E-state index in [-0.39, 0.29) is 0 Å². The number of nitrogens with one attached hydrogen (secondary N) is 1. The Bertz CT molecular complexity index is 1380. The van der Waals surface area contributed by atoms with E-state index in [1.807, 2.05) is 0 Å². The number of hydrogen-bond donors (Lipinski definition) is 7. The van der Waals surface area contributed by atoms with Gasteiger partial charge in [0.25, 0.3) is 5.56 Å². The fourth-order valence-corrected chi connectivity index (χ4v) is 4.34. The van der Waals surface area contributed by atoms with Crippen LogP contribution in [0.1, 0.15) is 17.2 Å². The molecule has 0 radical (unpaired) electrons. The van der Waals surface area contributed by atoms with Crippen LogP contribution in [0.3, 0.4) is 0 Å². The molecule has 1 aliphatic heterocycles. The van der Waals surface area contributed by atoms with Crippen LogP contribution in [0, 0.1) is 0 Å². The molecule has 0 spiro atoms. The first-order valence-electron chi connectivity index (χ1n) is 10.4. The molecule has 2 rings (SSSR count). The molecule has 17 nitrogen and oxygen atoms in total. The van der Waals surface area contributed by atoms with E-state index >= 15 is 0 Å². The zero-order valence-electron chi connectivity index (χ0n) is 21.1. The average Bonchev–Trinajstić information content (AvgIpc) is 2.71. The van der Waals surface area contributed by atoms with Gasteiger partial charge in [-0.25, -0.2) is 18.5 Å². The van der Waals surface area contributed by atoms with Crippen molar-refractivity contribution in [1.29, 1.82) is 0 Å². The molecule has 1 aromatic heterocycles. The van der Waals surface area contributed by atoms with E-state index in [1.54, 1.807) is 0 Å². The molecule has 7 N–H and O–H groups in total. The van der Waals surface area contributed by atoms with Crippen molar-refractivity contribution in [3.63, 3.8) is 0 Å². The second-order valence-electron chi connectivity index (χ2n) is 4.55. The summed E-state index contributed by atoms with van der Waals surface area (Å²) in [4.78, 5) is 60.8. The summed E-state index contributed by atoms with van der Waals surface area (Å²) in [5.41, 5.74) is -3.46. The Balaban J connectivity index is 2.65. The molecule has 0 bridgehead atoms. The van der Waals surface area contributed by atoms with E-state index in [9.17, 15) is 38.4 Å². The fraction of sp³-hybridized carbons (Fsp3) is 0.556. The maximum atomic E-state index is 12.2. The van der Waals surface area contributed by atoms with Crippen molar-refractivity contribution in [2.75, 3.05) is 6.56 Å². The largest absolute Gasteiger partial charge is 0.490 e. The van der Waals surface area contributed by atoms with Crippen LogP contribution in [0.15, 0.2) is 21.8 Å². The molecule has 0 aliphatic carbocycles. The van der Waals surface area contributed by atoms with Gasteiger partial charge in [-0.1, -0.05) is 0 Å². The first-order chi connectivity index (χ1) is 16.1. The smallest absolute Gasteiger partial charge is 0.387 e. The van der Waals surface area contributed by atoms with E-state index in [0.717, 1.165) is 0 Å². The van der Waals surface area contributed by atoms with E-state index in [1.165, 1.54) is 4.98 Å². The third-order valence-electron chi connectivity index (χ3n) is 2.42. The summed E-state index contributed by atoms with van der Waals surface area (Å²) in [5.74, 6) is 0. The quantitative estimate of drug-likeness (QED) is 0.185. The van der Waals surface area contributed by atoms with Gasteiger partial charge in [-0.3, -0.25) is 18.9 Å². The van der Waals surface area contributed by atoms with Crippen LogP contribution >= 0.6 is 23.5 Å². The van der Waals surface area contributed by atoms with E-state index in [4.69, 9.17) is 25.6 Å². The van der Waals surface area contributed by atoms with Gasteiger partial charge in [0.1, 0.15) is 18.2 Å². The highest BCUT2D eigenvalue weighted by molar-refractivity contribution is 7.66. The second-order valence-corrected chi connectivity index (χ2v) is 8.89. The molecule has 0 aromatic carbocycles. The Kier molecular flexibility index (Phi) is 4.42. The molecule has 1 saturated heterocycles. The number of rotatable bonds is 8. The number of phosphoric acid groups is 3. The lowest BCUT2D eigenvalue weighted by atomic mass is 10.1. The van der Waals surface area contributed by atoms with Gasteiger partial charge in [-0.15, -0.1) is 0 Å². The Morgan fingerprint density at radius 1 is 1.17 bits per heavy atom. The molecule has 20 heteroatoms. The molecule has 2 unspecified atom stereocenters. The highest BCUT2D eigenvalue weighted by Gasteiger charge is 2.46. The molecule has 1 fully saturated rings. The Labute approximate surface area is 170 Å². The SMILES string of the molecule is [2H]c1c([2H])n([C@]2([2H])O[C@]([2H])(C([2H])([2H])OP(=O)(O)OP(=O)(O)OP(=O)(O)O)[C@@]([2H])(O)[C@@]2([2H])O)c(=O)[nH]c1=O. The zero-order chi connectivity index (χ0) is 29.4. The van der Waals surface area contributed by atoms with Crippen molar-refractivity contribution < 1.29 is 72.3 Å². The summed E-state index contributed by atoms with van der Waals surface area (Å²) in [5, 5.41) is 20.8. The van der Waals surface area contributed by atoms with E-state index in [0.29, 0.717) is 0 Å². The molecule has 6 atom stereocenters. The molecule has 29 heavy (non-hydrogen) atoms. The van der Waals surface area contributed by atoms with Gasteiger partial charge in [0.05, 0.1) is 17.5 Å². The van der Waals surface area contributed by atoms with Crippen molar-refractivity contribution >= 4 is 23.5 Å². The number of aromatic amines is 1. The van der Waals surface area contributed by atoms with Crippen LogP contribution in [0.5, 0.6) is 0 Å². The minimum absolute atomic E-state index is 0.569. The number of aliphatic hydroxyl groups is 2. The lowest BCUT2D eigenvalue weighted by Gasteiger charge is -2.19. The number of aromatic nitrogens is 2. The number of ether oxygens (including phenoxy) is 1. The lowest BCUT2D eigenvalue weighted by Crippen LogP contribution is -2.37. The van der Waals surface area contributed by atoms with Crippen molar-refractivity contribution in [2.45, 2.75) is 24.4 Å². The summed E-state index contributed by atoms with van der Waals surface area (Å²) in [6, 6.07) is -1.42. The first kappa shape index (κ1) is 14.9. The standard InChI is InChI=1S/C9H15N2O15P3/c12-5-1-2-11(9(15)10-5)8-7(14)6(13)4(24-8)3-23-28(19,20)26-29(21,22)25-27(16,17)18/h1-2,4,6-8,13-14H,3H2,(H,19,20)(H,21,22)(H,10,12,15)(H2,16,17,18)/t4-,6-,7-,8-/m1/s1/i1D,2D,3D2,4D,6D,7D,8D. The highest BCUT2D eigenvalue weighted by Crippen LogP contribution is 2.66. The van der Waals surface area contributed by atoms with Gasteiger partial charge in [0.2, 0.25) is 0 Å². The van der Waals surface area contributed by atoms with Gasteiger partial charge in [0.15, 0.2) is 6.20 Å². The molecule has 2 heterocycles. The molecule has 166 valence electrons. The lowest BCUT2D eigenvalue weighted by molar-refractivity contribution is -0.0542. The molecular formula is C9H15N2O15P3. The van der Waals surface area contributed by atoms with Gasteiger partial charge in [-0.2, -0.15) is 8.62 Å². The molecule has 1 aromatic rings. The number of H-pyrrole nitrogens is 1. The summed E-state index contributed by atoms with van der Waals surface area (Å²) < 4.78 is 111. The Hall–Kier alpha value is -1.03. The van der Waals surface area contributed by atoms with E-state index in [2.05, 4.69) is 17.9 Å². The summed E-state index contributed by atoms with van der Waals surface area (Å²) >= 11 is 0. The third-order valence-corrected chi connectivity index (χ3v) is 6.07. The number of nitrogens with zero attached hydrogens (tertiary/aromatic N) is 1. The van der Waals surface area contributed by atoms with Gasteiger partial charge in [-0.05, 0) is 0 Å². The normalized spacial score (nSPS) is 43.9. The van der Waals surface area contributed by atoms with Crippen molar-refractivity contribution in [3.8, 4) is 0 Å². The van der Waals surface area contributed by atoms with Crippen LogP contribution in [0.4, 0.5) is 0 Å². The minimum Gasteiger partial charge on any atom is -0.387 e. The van der Waals surface area contributed by atoms with Crippen LogP contribution in [0.2, 0.25) is 0 Å². The van der Waals surface area contributed by atoms with Crippen molar-refractivity contribution in [1.82, 2.24) is 9.55 Å². The van der Waals surface area contributed by atoms with Crippen LogP contribution < -0.4 is 11.2 Å². The molecule has 0 saturated carbocycles. The maximum absolute atomic E-state index is 12.2. The third kappa shape index (κ3) is 6.73. The monoisotopic (exact) mass is 492 g/mol. The predicted octanol–water partition coefficient (Wildman–Crippen LogP) is -2.50. The van der Waals surface area contributed by atoms with Crippen molar-refractivity contribution in [2.24, 2.45) is 0 Å². The van der Waals surface area contributed by atoms with Crippen LogP contribution in [-0.4, -0.2) is 64.1 Å². The highest BCUT2D eigenvalue weighted by atomic mass is 31.3. The Morgan fingerprint density at radius 3 is 2.38 bits per heavy atom. The molecular weight excluding hydrogens is 469 g/mol. The van der Waals surface area contributed by atoms with Gasteiger partial charge >= 0.3 is 29.2 Å². The van der Waals surface area contributed by atoms with Gasteiger partial charge < -0.3 is 34.5 Å². The van der Waals surface area contributed by atoms with Crippen molar-refractivity contribution in [3.05, 3.63) is 33.1 Å². The minimum atomic E-state index is -6.50. The summed E-state index contributed by atoms with van der Waals surface area (Å²) in [6.07, 6.45) is -19.3. The van der Waals surface area contributed by atoms with Crippen LogP contribution in [-0.2, 0) is 31.6 Å². The topological polar surface area (TPSA) is 264 Å². The second kappa shape index (κ2) is 8.61. The summed E-state index contributed by atoms with van der Waals surface area (Å²) in [7, 11) is -18.6. The van der Waals surface area contributed by atoms with Crippen LogP contribution in [0.25, 0.3) is 0 Å². The summed E-state index contributed by atoms with van der Waals surface area (Å²) in [6.45, 7) is -4.61.